The lowest BCUT2D eigenvalue weighted by Gasteiger charge is -2.06. The van der Waals surface area contributed by atoms with E-state index in [2.05, 4.69) is 21.6 Å². The second kappa shape index (κ2) is 35.6. The predicted molar refractivity (Wildman–Crippen MR) is 178 cm³/mol. The molecule has 0 aliphatic carbocycles. The number of aliphatic imine (C=N–C) groups is 2. The molecular weight excluding hydrogens is 679 g/mol. The Morgan fingerprint density at radius 3 is 1.89 bits per heavy atom. The number of hydrogen-bond donors (Lipinski definition) is 2. The summed E-state index contributed by atoms with van der Waals surface area (Å²) < 4.78 is 5.13. The smallest absolute Gasteiger partial charge is 0.408 e. The van der Waals surface area contributed by atoms with Gasteiger partial charge in [-0.05, 0) is 6.26 Å². The molecule has 0 aliphatic heterocycles. The molecule has 2 N–H and O–H groups in total. The van der Waals surface area contributed by atoms with Crippen LogP contribution in [-0.4, -0.2) is 102 Å². The number of carbonyl (C=O) groups is 1. The number of carbonyl (C=O) groups excluding carboxylic acids is 1. The van der Waals surface area contributed by atoms with Gasteiger partial charge in [-0.15, -0.1) is 106 Å². The molecule has 0 heterocycles. The van der Waals surface area contributed by atoms with Gasteiger partial charge in [0.2, 0.25) is 12.8 Å². The van der Waals surface area contributed by atoms with Crippen LogP contribution in [0.3, 0.4) is 0 Å². The highest BCUT2D eigenvalue weighted by atomic mass is 32.2. The second-order valence-electron chi connectivity index (χ2n) is 5.33. The number of amides is 1. The Labute approximate surface area is 262 Å². The van der Waals surface area contributed by atoms with Crippen molar-refractivity contribution in [2.75, 3.05) is 78.2 Å². The molecule has 218 valence electrons. The summed E-state index contributed by atoms with van der Waals surface area (Å²) in [6, 6.07) is 0. The van der Waals surface area contributed by atoms with Gasteiger partial charge in [-0.3, -0.25) is 0 Å². The third-order valence-electron chi connectivity index (χ3n) is 2.68. The van der Waals surface area contributed by atoms with Gasteiger partial charge in [0, 0.05) is 30.5 Å². The molecule has 0 rings (SSSR count). The van der Waals surface area contributed by atoms with Gasteiger partial charge in [0.1, 0.15) is 17.8 Å². The minimum absolute atomic E-state index is 0.107. The van der Waals surface area contributed by atoms with Crippen LogP contribution in [0.2, 0.25) is 0 Å². The number of rotatable bonds is 29. The van der Waals surface area contributed by atoms with Crippen molar-refractivity contribution >= 4 is 137 Å². The Bertz CT molecular complexity index is 548. The van der Waals surface area contributed by atoms with Crippen molar-refractivity contribution in [3.63, 3.8) is 0 Å². The van der Waals surface area contributed by atoms with Crippen molar-refractivity contribution in [1.29, 1.82) is 0 Å². The molecule has 0 aromatic rings. The first-order valence-electron chi connectivity index (χ1n) is 10.0. The van der Waals surface area contributed by atoms with Crippen molar-refractivity contribution in [3.8, 4) is 0 Å². The van der Waals surface area contributed by atoms with E-state index >= 15 is 0 Å². The van der Waals surface area contributed by atoms with Crippen LogP contribution in [0.15, 0.2) is 9.98 Å². The van der Waals surface area contributed by atoms with Gasteiger partial charge < -0.3 is 24.9 Å². The fourth-order valence-electron chi connectivity index (χ4n) is 1.37. The standard InChI is InChI=1S/C17H33N3O7S10/c1-28-11-29-4-18-2-24-27-10-35-16-37-15-33-8-23-17(22)20-6-31-13-36-12-30-5-19-3-25-26-9-34-14-32-7-21/h2-3,21H,4-16H2,1H3,(H,20,22)/b18-2+,19-3+. The zero-order valence-electron chi connectivity index (χ0n) is 20.2. The van der Waals surface area contributed by atoms with Crippen molar-refractivity contribution in [2.24, 2.45) is 9.98 Å². The summed E-state index contributed by atoms with van der Waals surface area (Å²) in [5, 5.41) is 16.5. The lowest BCUT2D eigenvalue weighted by Crippen LogP contribution is -2.23. The molecule has 0 fully saturated rings. The summed E-state index contributed by atoms with van der Waals surface area (Å²) >= 11 is 16.3. The predicted octanol–water partition coefficient (Wildman–Crippen LogP) is 6.07. The average molecular weight is 712 g/mol. The lowest BCUT2D eigenvalue weighted by molar-refractivity contribution is -0.196. The molecule has 0 saturated heterocycles. The molecular formula is C17H33N3O7S10. The van der Waals surface area contributed by atoms with Gasteiger partial charge in [0.25, 0.3) is 0 Å². The Morgan fingerprint density at radius 1 is 0.730 bits per heavy atom. The Kier molecular flexibility index (Phi) is 37.1. The van der Waals surface area contributed by atoms with E-state index in [1.54, 1.807) is 94.1 Å². The first-order chi connectivity index (χ1) is 18.3. The van der Waals surface area contributed by atoms with Crippen molar-refractivity contribution in [2.45, 2.75) is 0 Å². The summed E-state index contributed by atoms with van der Waals surface area (Å²) in [5.74, 6) is 3.01. The first-order valence-corrected chi connectivity index (χ1v) is 21.8. The Balaban J connectivity index is 3.22. The minimum Gasteiger partial charge on any atom is -0.438 e. The third-order valence-corrected chi connectivity index (χ3v) is 13.0. The van der Waals surface area contributed by atoms with Crippen LogP contribution in [0.4, 0.5) is 4.79 Å². The number of aliphatic hydroxyl groups excluding tert-OH is 1. The molecule has 0 aliphatic rings. The van der Waals surface area contributed by atoms with Crippen molar-refractivity contribution < 1.29 is 34.2 Å². The van der Waals surface area contributed by atoms with Crippen LogP contribution in [-0.2, 0) is 24.3 Å². The molecule has 0 radical (unpaired) electrons. The van der Waals surface area contributed by atoms with E-state index in [4.69, 9.17) is 29.4 Å². The van der Waals surface area contributed by atoms with Crippen molar-refractivity contribution in [3.05, 3.63) is 0 Å². The topological polar surface area (TPSA) is 120 Å². The Hall–Kier alpha value is 1.59. The van der Waals surface area contributed by atoms with Crippen LogP contribution < -0.4 is 5.32 Å². The molecule has 0 spiro atoms. The maximum Gasteiger partial charge on any atom is 0.408 e. The van der Waals surface area contributed by atoms with E-state index < -0.39 is 6.09 Å². The molecule has 0 atom stereocenters. The van der Waals surface area contributed by atoms with Gasteiger partial charge >= 0.3 is 6.09 Å². The van der Waals surface area contributed by atoms with E-state index in [0.29, 0.717) is 35.4 Å². The van der Waals surface area contributed by atoms with E-state index in [-0.39, 0.29) is 5.94 Å². The lowest BCUT2D eigenvalue weighted by atomic mass is 11.1. The number of ether oxygens (including phenoxy) is 1. The average Bonchev–Trinajstić information content (AvgIpc) is 2.90. The largest absolute Gasteiger partial charge is 0.438 e. The minimum atomic E-state index is -0.403. The number of thioether (sulfide) groups is 10. The SMILES string of the molecule is CSCSC/N=C/OOCSCSCSCOC(=O)NCSCSCSC/N=C/OOCSCSCO. The number of aliphatic hydroxyl groups is 1. The second-order valence-corrected chi connectivity index (χ2v) is 17.0. The molecule has 10 nitrogen and oxygen atoms in total. The molecule has 0 aromatic heterocycles. The molecule has 37 heavy (non-hydrogen) atoms. The maximum absolute atomic E-state index is 11.6. The quantitative estimate of drug-likeness (QED) is 0.0233. The highest BCUT2D eigenvalue weighted by Gasteiger charge is 2.01. The summed E-state index contributed by atoms with van der Waals surface area (Å²) in [6.07, 6.45) is 4.26. The van der Waals surface area contributed by atoms with Gasteiger partial charge in [0.15, 0.2) is 0 Å². The van der Waals surface area contributed by atoms with Crippen molar-refractivity contribution in [1.82, 2.24) is 5.32 Å². The van der Waals surface area contributed by atoms with Gasteiger partial charge in [-0.2, -0.15) is 21.5 Å². The highest BCUT2D eigenvalue weighted by Crippen LogP contribution is 2.19. The van der Waals surface area contributed by atoms with Gasteiger partial charge in [-0.25, -0.2) is 14.8 Å². The summed E-state index contributed by atoms with van der Waals surface area (Å²) in [6.45, 7) is 0. The van der Waals surface area contributed by atoms with Crippen LogP contribution >= 0.6 is 118 Å². The molecule has 20 heteroatoms. The van der Waals surface area contributed by atoms with Crippen LogP contribution in [0.1, 0.15) is 0 Å². The first kappa shape index (κ1) is 38.6. The number of hydrogen-bond acceptors (Lipinski definition) is 19. The maximum atomic E-state index is 11.6. The normalized spacial score (nSPS) is 11.4. The summed E-state index contributed by atoms with van der Waals surface area (Å²) in [7, 11) is 0. The van der Waals surface area contributed by atoms with Gasteiger partial charge in [0.05, 0.1) is 23.6 Å². The van der Waals surface area contributed by atoms with E-state index in [1.165, 1.54) is 36.3 Å². The summed E-state index contributed by atoms with van der Waals surface area (Å²) in [4.78, 5) is 39.3. The molecule has 0 unspecified atom stereocenters. The van der Waals surface area contributed by atoms with Crippen LogP contribution in [0.25, 0.3) is 0 Å². The fraction of sp³-hybridized carbons (Fsp3) is 0.824. The highest BCUT2D eigenvalue weighted by molar-refractivity contribution is 8.23. The molecule has 0 bridgehead atoms. The summed E-state index contributed by atoms with van der Waals surface area (Å²) in [5.41, 5.74) is 0. The molecule has 0 saturated carbocycles. The number of nitrogens with zero attached hydrogens (tertiary/aromatic N) is 2. The van der Waals surface area contributed by atoms with E-state index in [9.17, 15) is 4.79 Å². The number of alkyl carbamates (subject to hydrolysis) is 1. The zero-order chi connectivity index (χ0) is 26.9. The van der Waals surface area contributed by atoms with Gasteiger partial charge in [-0.1, -0.05) is 0 Å². The molecule has 0 aromatic carbocycles. The van der Waals surface area contributed by atoms with Crippen LogP contribution in [0.5, 0.6) is 0 Å². The van der Waals surface area contributed by atoms with Crippen LogP contribution in [0, 0.1) is 0 Å². The number of nitrogens with one attached hydrogen (secondary N) is 1. The zero-order valence-corrected chi connectivity index (χ0v) is 28.4. The van der Waals surface area contributed by atoms with E-state index in [0.717, 1.165) is 30.5 Å². The molecule has 1 amide bonds. The monoisotopic (exact) mass is 711 g/mol. The Morgan fingerprint density at radius 2 is 1.27 bits per heavy atom. The van der Waals surface area contributed by atoms with E-state index in [1.807, 2.05) is 0 Å². The fourth-order valence-corrected chi connectivity index (χ4v) is 9.20. The third kappa shape index (κ3) is 35.6.